The van der Waals surface area contributed by atoms with Gasteiger partial charge in [0.2, 0.25) is 5.91 Å². The number of fused-ring (bicyclic) bond motifs is 1. The minimum atomic E-state index is -0.160. The molecule has 0 radical (unpaired) electrons. The van der Waals surface area contributed by atoms with Crippen LogP contribution in [-0.4, -0.2) is 35.8 Å². The summed E-state index contributed by atoms with van der Waals surface area (Å²) in [6, 6.07) is 8.07. The van der Waals surface area contributed by atoms with E-state index < -0.39 is 0 Å². The summed E-state index contributed by atoms with van der Waals surface area (Å²) in [6.07, 6.45) is 3.67. The zero-order valence-corrected chi connectivity index (χ0v) is 14.0. The van der Waals surface area contributed by atoms with Crippen molar-refractivity contribution in [2.75, 3.05) is 13.7 Å². The van der Waals surface area contributed by atoms with E-state index >= 15 is 0 Å². The summed E-state index contributed by atoms with van der Waals surface area (Å²) >= 11 is 0. The van der Waals surface area contributed by atoms with E-state index in [-0.39, 0.29) is 17.6 Å². The molecule has 1 amide bonds. The van der Waals surface area contributed by atoms with Gasteiger partial charge in [0.15, 0.2) is 0 Å². The maximum atomic E-state index is 12.4. The number of amides is 1. The molecule has 0 aliphatic carbocycles. The molecule has 1 aromatic carbocycles. The van der Waals surface area contributed by atoms with Gasteiger partial charge in [0.1, 0.15) is 12.3 Å². The van der Waals surface area contributed by atoms with Crippen LogP contribution >= 0.6 is 0 Å². The van der Waals surface area contributed by atoms with E-state index in [0.29, 0.717) is 13.2 Å². The maximum absolute atomic E-state index is 12.4. The molecule has 1 aliphatic heterocycles. The molecule has 1 atom stereocenters. The lowest BCUT2D eigenvalue weighted by atomic mass is 9.94. The summed E-state index contributed by atoms with van der Waals surface area (Å²) in [6.45, 7) is 5.16. The Hall–Kier alpha value is -2.01. The third-order valence-electron chi connectivity index (χ3n) is 4.35. The Morgan fingerprint density at radius 2 is 2.26 bits per heavy atom. The third-order valence-corrected chi connectivity index (χ3v) is 4.35. The second-order valence-corrected chi connectivity index (χ2v) is 6.73. The monoisotopic (exact) mass is 316 g/mol. The van der Waals surface area contributed by atoms with Crippen molar-refractivity contribution in [3.05, 3.63) is 30.5 Å². The van der Waals surface area contributed by atoms with Crippen LogP contribution in [0.25, 0.3) is 10.9 Å². The van der Waals surface area contributed by atoms with E-state index in [0.717, 1.165) is 29.5 Å². The molecule has 124 valence electrons. The van der Waals surface area contributed by atoms with Gasteiger partial charge in [-0.05, 0) is 51.0 Å². The van der Waals surface area contributed by atoms with E-state index in [2.05, 4.69) is 19.2 Å². The van der Waals surface area contributed by atoms with Crippen LogP contribution in [0, 0.1) is 0 Å². The second-order valence-electron chi connectivity index (χ2n) is 6.73. The minimum Gasteiger partial charge on any atom is -0.497 e. The van der Waals surface area contributed by atoms with Gasteiger partial charge in [-0.2, -0.15) is 0 Å². The Kier molecular flexibility index (Phi) is 4.31. The molecule has 1 fully saturated rings. The van der Waals surface area contributed by atoms with Crippen LogP contribution in [0.15, 0.2) is 30.5 Å². The maximum Gasteiger partial charge on any atom is 0.240 e. The van der Waals surface area contributed by atoms with E-state index in [9.17, 15) is 4.79 Å². The Labute approximate surface area is 136 Å². The number of carbonyl (C=O) groups is 1. The van der Waals surface area contributed by atoms with Gasteiger partial charge in [0, 0.05) is 29.7 Å². The summed E-state index contributed by atoms with van der Waals surface area (Å²) in [5.74, 6) is 0.866. The molecule has 3 rings (SSSR count). The number of nitrogens with zero attached hydrogens (tertiary/aromatic N) is 1. The highest BCUT2D eigenvalue weighted by Gasteiger charge is 2.29. The van der Waals surface area contributed by atoms with Crippen molar-refractivity contribution in [2.24, 2.45) is 0 Å². The van der Waals surface area contributed by atoms with Crippen molar-refractivity contribution in [3.8, 4) is 5.75 Å². The molecule has 0 spiro atoms. The summed E-state index contributed by atoms with van der Waals surface area (Å²) in [5, 5.41) is 4.21. The number of nitrogens with one attached hydrogen (secondary N) is 1. The van der Waals surface area contributed by atoms with Crippen molar-refractivity contribution in [3.63, 3.8) is 0 Å². The van der Waals surface area contributed by atoms with E-state index in [1.165, 1.54) is 0 Å². The molecule has 1 saturated heterocycles. The van der Waals surface area contributed by atoms with E-state index in [4.69, 9.17) is 9.47 Å². The van der Waals surface area contributed by atoms with Crippen LogP contribution in [0.3, 0.4) is 0 Å². The number of ether oxygens (including phenoxy) is 2. The lowest BCUT2D eigenvalue weighted by Gasteiger charge is -2.35. The van der Waals surface area contributed by atoms with Crippen LogP contribution < -0.4 is 10.1 Å². The number of hydrogen-bond acceptors (Lipinski definition) is 3. The first-order valence-corrected chi connectivity index (χ1v) is 8.03. The number of aromatic nitrogens is 1. The molecule has 5 nitrogen and oxygen atoms in total. The molecule has 0 bridgehead atoms. The van der Waals surface area contributed by atoms with Gasteiger partial charge in [-0.1, -0.05) is 0 Å². The number of carbonyl (C=O) groups excluding carboxylic acids is 1. The summed E-state index contributed by atoms with van der Waals surface area (Å²) in [4.78, 5) is 12.4. The molecular formula is C18H24N2O3. The quantitative estimate of drug-likeness (QED) is 0.943. The lowest BCUT2D eigenvalue weighted by Crippen LogP contribution is -2.46. The number of methoxy groups -OCH3 is 1. The van der Waals surface area contributed by atoms with Gasteiger partial charge in [0.05, 0.1) is 12.7 Å². The summed E-state index contributed by atoms with van der Waals surface area (Å²) in [7, 11) is 1.65. The number of benzene rings is 1. The largest absolute Gasteiger partial charge is 0.497 e. The third kappa shape index (κ3) is 3.67. The molecule has 1 N–H and O–H groups in total. The molecule has 2 heterocycles. The lowest BCUT2D eigenvalue weighted by molar-refractivity contribution is -0.124. The molecule has 1 aromatic heterocycles. The van der Waals surface area contributed by atoms with Gasteiger partial charge in [-0.3, -0.25) is 4.79 Å². The number of hydrogen-bond donors (Lipinski definition) is 1. The second kappa shape index (κ2) is 6.24. The fourth-order valence-electron chi connectivity index (χ4n) is 3.23. The minimum absolute atomic E-state index is 0.0426. The zero-order chi connectivity index (χ0) is 16.4. The van der Waals surface area contributed by atoms with Crippen molar-refractivity contribution in [1.29, 1.82) is 0 Å². The molecule has 23 heavy (non-hydrogen) atoms. The predicted octanol–water partition coefficient (Wildman–Crippen LogP) is 2.72. The van der Waals surface area contributed by atoms with Gasteiger partial charge >= 0.3 is 0 Å². The summed E-state index contributed by atoms with van der Waals surface area (Å²) < 4.78 is 12.9. The Balaban J connectivity index is 1.66. The molecule has 0 unspecified atom stereocenters. The van der Waals surface area contributed by atoms with Crippen LogP contribution in [0.4, 0.5) is 0 Å². The van der Waals surface area contributed by atoms with Gasteiger partial charge < -0.3 is 19.4 Å². The van der Waals surface area contributed by atoms with Crippen LogP contribution in [0.2, 0.25) is 0 Å². The van der Waals surface area contributed by atoms with E-state index in [1.807, 2.05) is 35.0 Å². The van der Waals surface area contributed by atoms with Crippen LogP contribution in [-0.2, 0) is 16.1 Å². The molecule has 5 heteroatoms. The fraction of sp³-hybridized carbons (Fsp3) is 0.500. The zero-order valence-electron chi connectivity index (χ0n) is 14.0. The van der Waals surface area contributed by atoms with Crippen LogP contribution in [0.5, 0.6) is 5.75 Å². The topological polar surface area (TPSA) is 52.5 Å². The molecule has 1 aliphatic rings. The first kappa shape index (κ1) is 15.9. The average Bonchev–Trinajstić information content (AvgIpc) is 2.88. The van der Waals surface area contributed by atoms with Crippen molar-refractivity contribution in [1.82, 2.24) is 9.88 Å². The Bertz CT molecular complexity index is 705. The average molecular weight is 316 g/mol. The molecule has 0 saturated carbocycles. The highest BCUT2D eigenvalue weighted by Crippen LogP contribution is 2.24. The van der Waals surface area contributed by atoms with Crippen molar-refractivity contribution < 1.29 is 14.3 Å². The normalized spacial score (nSPS) is 20.4. The fourth-order valence-corrected chi connectivity index (χ4v) is 3.23. The highest BCUT2D eigenvalue weighted by atomic mass is 16.5. The van der Waals surface area contributed by atoms with Crippen molar-refractivity contribution in [2.45, 2.75) is 44.9 Å². The summed E-state index contributed by atoms with van der Waals surface area (Å²) in [5.41, 5.74) is 0.876. The van der Waals surface area contributed by atoms with Crippen molar-refractivity contribution >= 4 is 16.8 Å². The van der Waals surface area contributed by atoms with Crippen LogP contribution in [0.1, 0.15) is 26.7 Å². The molecular weight excluding hydrogens is 292 g/mol. The standard InChI is InChI=1S/C18H24N2O3/c1-18(2)11-14(7-9-23-18)19-17(21)12-20-8-6-13-10-15(22-3)4-5-16(13)20/h4-6,8,10,14H,7,9,11-12H2,1-3H3,(H,19,21)/t14-/m1/s1. The van der Waals surface area contributed by atoms with E-state index in [1.54, 1.807) is 7.11 Å². The van der Waals surface area contributed by atoms with Gasteiger partial charge in [0.25, 0.3) is 0 Å². The Morgan fingerprint density at radius 3 is 3.00 bits per heavy atom. The highest BCUT2D eigenvalue weighted by molar-refractivity contribution is 5.84. The smallest absolute Gasteiger partial charge is 0.240 e. The first-order chi connectivity index (χ1) is 11.0. The predicted molar refractivity (Wildman–Crippen MR) is 89.7 cm³/mol. The Morgan fingerprint density at radius 1 is 1.43 bits per heavy atom. The first-order valence-electron chi connectivity index (χ1n) is 8.03. The van der Waals surface area contributed by atoms with Gasteiger partial charge in [-0.15, -0.1) is 0 Å². The van der Waals surface area contributed by atoms with Gasteiger partial charge in [-0.25, -0.2) is 0 Å². The SMILES string of the molecule is COc1ccc2c(ccn2CC(=O)N[C@@H]2CCOC(C)(C)C2)c1. The molecule has 2 aromatic rings. The number of rotatable bonds is 4.